The minimum absolute atomic E-state index is 0.174. The van der Waals surface area contributed by atoms with E-state index in [-0.39, 0.29) is 25.7 Å². The molecule has 1 fully saturated rings. The lowest BCUT2D eigenvalue weighted by Gasteiger charge is -2.21. The number of halogens is 2. The van der Waals surface area contributed by atoms with Crippen LogP contribution in [0, 0.1) is 0 Å². The van der Waals surface area contributed by atoms with Crippen molar-refractivity contribution in [1.82, 2.24) is 0 Å². The molecule has 0 aliphatic heterocycles. The van der Waals surface area contributed by atoms with Crippen LogP contribution in [0.25, 0.3) is 0 Å². The summed E-state index contributed by atoms with van der Waals surface area (Å²) in [5.74, 6) is -2.53. The predicted molar refractivity (Wildman–Crippen MR) is 32.6 cm³/mol. The molecule has 0 aromatic rings. The fourth-order valence-corrected chi connectivity index (χ4v) is 1.00. The summed E-state index contributed by atoms with van der Waals surface area (Å²) >= 11 is 0. The Morgan fingerprint density at radius 3 is 2.20 bits per heavy atom. The van der Waals surface area contributed by atoms with Crippen LogP contribution in [0.5, 0.6) is 0 Å². The maximum absolute atomic E-state index is 12.4. The zero-order chi connectivity index (χ0) is 7.61. The molecule has 0 heterocycles. The molecule has 0 amide bonds. The van der Waals surface area contributed by atoms with E-state index >= 15 is 0 Å². The smallest absolute Gasteiger partial charge is 0.248 e. The first-order valence-electron chi connectivity index (χ1n) is 3.22. The van der Waals surface area contributed by atoms with E-state index in [9.17, 15) is 8.78 Å². The summed E-state index contributed by atoms with van der Waals surface area (Å²) < 4.78 is 24.8. The van der Waals surface area contributed by atoms with Gasteiger partial charge in [0.15, 0.2) is 0 Å². The van der Waals surface area contributed by atoms with Crippen LogP contribution in [0.3, 0.4) is 0 Å². The molecular weight excluding hydrogens is 140 g/mol. The third kappa shape index (κ3) is 1.65. The molecular formula is C6H9F2NO. The van der Waals surface area contributed by atoms with Gasteiger partial charge in [-0.1, -0.05) is 5.16 Å². The SMILES string of the molecule is ON=C1CCC(F)(F)CC1. The summed E-state index contributed by atoms with van der Waals surface area (Å²) in [6.45, 7) is 0. The molecule has 0 aromatic heterocycles. The fourth-order valence-electron chi connectivity index (χ4n) is 1.00. The number of oxime groups is 1. The van der Waals surface area contributed by atoms with Gasteiger partial charge in [-0.05, 0) is 12.8 Å². The Bertz CT molecular complexity index is 144. The zero-order valence-corrected chi connectivity index (χ0v) is 5.48. The van der Waals surface area contributed by atoms with Gasteiger partial charge in [0.1, 0.15) is 0 Å². The summed E-state index contributed by atoms with van der Waals surface area (Å²) in [6, 6.07) is 0. The van der Waals surface area contributed by atoms with E-state index in [0.29, 0.717) is 5.71 Å². The quantitative estimate of drug-likeness (QED) is 0.414. The minimum atomic E-state index is -2.53. The second-order valence-corrected chi connectivity index (χ2v) is 2.52. The van der Waals surface area contributed by atoms with Gasteiger partial charge in [0.2, 0.25) is 5.92 Å². The van der Waals surface area contributed by atoms with E-state index in [2.05, 4.69) is 5.16 Å². The van der Waals surface area contributed by atoms with Crippen LogP contribution < -0.4 is 0 Å². The van der Waals surface area contributed by atoms with Gasteiger partial charge in [-0.3, -0.25) is 0 Å². The van der Waals surface area contributed by atoms with Crippen LogP contribution in [-0.4, -0.2) is 16.8 Å². The number of rotatable bonds is 0. The molecule has 0 saturated heterocycles. The van der Waals surface area contributed by atoms with E-state index in [1.165, 1.54) is 0 Å². The van der Waals surface area contributed by atoms with Gasteiger partial charge in [0.25, 0.3) is 0 Å². The monoisotopic (exact) mass is 149 g/mol. The van der Waals surface area contributed by atoms with E-state index < -0.39 is 5.92 Å². The van der Waals surface area contributed by atoms with Crippen LogP contribution in [0.1, 0.15) is 25.7 Å². The summed E-state index contributed by atoms with van der Waals surface area (Å²) in [7, 11) is 0. The Labute approximate surface area is 57.5 Å². The molecule has 2 nitrogen and oxygen atoms in total. The molecule has 0 atom stereocenters. The Morgan fingerprint density at radius 2 is 1.80 bits per heavy atom. The van der Waals surface area contributed by atoms with Crippen LogP contribution in [0.2, 0.25) is 0 Å². The maximum Gasteiger partial charge on any atom is 0.248 e. The predicted octanol–water partition coefficient (Wildman–Crippen LogP) is 2.03. The molecule has 0 radical (unpaired) electrons. The van der Waals surface area contributed by atoms with Gasteiger partial charge < -0.3 is 5.21 Å². The van der Waals surface area contributed by atoms with Crippen molar-refractivity contribution in [3.63, 3.8) is 0 Å². The van der Waals surface area contributed by atoms with Crippen LogP contribution in [-0.2, 0) is 0 Å². The highest BCUT2D eigenvalue weighted by Crippen LogP contribution is 2.31. The number of nitrogens with zero attached hydrogens (tertiary/aromatic N) is 1. The number of alkyl halides is 2. The Balaban J connectivity index is 2.46. The number of hydrogen-bond donors (Lipinski definition) is 1. The molecule has 1 aliphatic carbocycles. The van der Waals surface area contributed by atoms with Crippen molar-refractivity contribution in [1.29, 1.82) is 0 Å². The average molecular weight is 149 g/mol. The molecule has 1 rings (SSSR count). The highest BCUT2D eigenvalue weighted by Gasteiger charge is 2.33. The highest BCUT2D eigenvalue weighted by molar-refractivity contribution is 5.84. The largest absolute Gasteiger partial charge is 0.411 e. The Morgan fingerprint density at radius 1 is 1.30 bits per heavy atom. The van der Waals surface area contributed by atoms with E-state index in [1.54, 1.807) is 0 Å². The lowest BCUT2D eigenvalue weighted by atomic mass is 9.95. The Kier molecular flexibility index (Phi) is 1.87. The lowest BCUT2D eigenvalue weighted by molar-refractivity contribution is -0.0185. The topological polar surface area (TPSA) is 32.6 Å². The first-order valence-corrected chi connectivity index (χ1v) is 3.22. The van der Waals surface area contributed by atoms with Crippen molar-refractivity contribution in [3.05, 3.63) is 0 Å². The van der Waals surface area contributed by atoms with Gasteiger partial charge >= 0.3 is 0 Å². The first-order chi connectivity index (χ1) is 4.64. The third-order valence-electron chi connectivity index (χ3n) is 1.70. The minimum Gasteiger partial charge on any atom is -0.411 e. The molecule has 0 unspecified atom stereocenters. The number of hydrogen-bond acceptors (Lipinski definition) is 2. The summed E-state index contributed by atoms with van der Waals surface area (Å²) in [4.78, 5) is 0. The van der Waals surface area contributed by atoms with E-state index in [4.69, 9.17) is 5.21 Å². The lowest BCUT2D eigenvalue weighted by Crippen LogP contribution is -2.24. The van der Waals surface area contributed by atoms with Crippen LogP contribution in [0.15, 0.2) is 5.16 Å². The van der Waals surface area contributed by atoms with Crippen LogP contribution >= 0.6 is 0 Å². The fraction of sp³-hybridized carbons (Fsp3) is 0.833. The first kappa shape index (κ1) is 7.44. The maximum atomic E-state index is 12.4. The van der Waals surface area contributed by atoms with Gasteiger partial charge in [-0.15, -0.1) is 0 Å². The summed E-state index contributed by atoms with van der Waals surface area (Å²) in [5, 5.41) is 11.1. The van der Waals surface area contributed by atoms with Gasteiger partial charge in [0.05, 0.1) is 5.71 Å². The molecule has 58 valence electrons. The van der Waals surface area contributed by atoms with Gasteiger partial charge in [-0.25, -0.2) is 8.78 Å². The van der Waals surface area contributed by atoms with Crippen molar-refractivity contribution >= 4 is 5.71 Å². The van der Waals surface area contributed by atoms with E-state index in [0.717, 1.165) is 0 Å². The molecule has 1 aliphatic rings. The van der Waals surface area contributed by atoms with Crippen molar-refractivity contribution in [2.75, 3.05) is 0 Å². The normalized spacial score (nSPS) is 24.4. The second kappa shape index (κ2) is 2.52. The summed E-state index contributed by atoms with van der Waals surface area (Å²) in [5.41, 5.74) is 0.492. The van der Waals surface area contributed by atoms with Gasteiger partial charge in [0, 0.05) is 12.8 Å². The molecule has 0 spiro atoms. The van der Waals surface area contributed by atoms with Gasteiger partial charge in [-0.2, -0.15) is 0 Å². The average Bonchev–Trinajstić information content (AvgIpc) is 1.88. The third-order valence-corrected chi connectivity index (χ3v) is 1.70. The zero-order valence-electron chi connectivity index (χ0n) is 5.48. The van der Waals surface area contributed by atoms with Crippen molar-refractivity contribution in [2.24, 2.45) is 5.16 Å². The van der Waals surface area contributed by atoms with Crippen molar-refractivity contribution in [2.45, 2.75) is 31.6 Å². The highest BCUT2D eigenvalue weighted by atomic mass is 19.3. The van der Waals surface area contributed by atoms with E-state index in [1.807, 2.05) is 0 Å². The molecule has 0 bridgehead atoms. The second-order valence-electron chi connectivity index (χ2n) is 2.52. The van der Waals surface area contributed by atoms with Crippen LogP contribution in [0.4, 0.5) is 8.78 Å². The molecule has 0 aromatic carbocycles. The standard InChI is InChI=1S/C6H9F2NO/c7-6(8)3-1-5(9-10)2-4-6/h10H,1-4H2. The molecule has 1 N–H and O–H groups in total. The summed E-state index contributed by atoms with van der Waals surface area (Å²) in [6.07, 6.45) is 0.103. The molecule has 1 saturated carbocycles. The van der Waals surface area contributed by atoms with Crippen molar-refractivity contribution < 1.29 is 14.0 Å². The Hall–Kier alpha value is -0.670. The molecule has 4 heteroatoms. The van der Waals surface area contributed by atoms with Crippen molar-refractivity contribution in [3.8, 4) is 0 Å². The molecule has 10 heavy (non-hydrogen) atoms.